The minimum Gasteiger partial charge on any atom is -0.550 e. The number of hydrogen-bond acceptors (Lipinski definition) is 26. The molecule has 1 fully saturated rings. The van der Waals surface area contributed by atoms with Crippen LogP contribution < -0.4 is 92.3 Å². The molecule has 29 nitrogen and oxygen atoms in total. The Morgan fingerprint density at radius 1 is 0.415 bits per heavy atom. The van der Waals surface area contributed by atoms with Gasteiger partial charge < -0.3 is 123 Å². The summed E-state index contributed by atoms with van der Waals surface area (Å²) in [6.07, 6.45) is -2.65. The quantitative estimate of drug-likeness (QED) is 0.0122. The van der Waals surface area contributed by atoms with Crippen molar-refractivity contribution < 1.29 is 164 Å². The fraction of sp³-hybridized carbons (Fsp3) is 0.739. The molecule has 0 radical (unpaired) electrons. The molecule has 1 aliphatic rings. The molecule has 3 aromatic carbocycles. The number of carbonyl (C=O) groups is 6. The van der Waals surface area contributed by atoms with Crippen LogP contribution in [0.5, 0.6) is 34.5 Å². The molecule has 3 aromatic rings. The maximum atomic E-state index is 12.8. The molecular formula is C92H153Li2N3O26. The van der Waals surface area contributed by atoms with Gasteiger partial charge in [-0.25, -0.2) is 14.4 Å². The number of aliphatic hydroxyl groups is 5. The SMILES string of the molecule is COCCCCCOc1cc(C(O)[C@@H](C[C@H](NC(=O)OC(C)(C)C)[C@@H]2CC(C(C)C)C(=O)O2)C(C)C)ccc1OC.COCCCOc1cc(C(O)[C@@H](C[C@H](NC(=O)OC(C)(C)C)[C@@H](O)C[C@H](C(=O)[O-])C(C)C)C(C)C)ccc1OC.COCCCOc1cc(C(O)[C@@H](C[C@H](NC(=O)OC(C)(C)C)[C@@H](O)C[C@H](C(=O)[O-])C(C)C)C(C)C)ccc1OC.[Li+].[Li+]. The molecule has 8 N–H and O–H groups in total. The van der Waals surface area contributed by atoms with Crippen LogP contribution in [0.25, 0.3) is 0 Å². The summed E-state index contributed by atoms with van der Waals surface area (Å²) in [5, 5.41) is 88.9. The van der Waals surface area contributed by atoms with Crippen molar-refractivity contribution in [2.24, 2.45) is 71.0 Å². The molecule has 15 atom stereocenters. The van der Waals surface area contributed by atoms with Crippen LogP contribution in [0.3, 0.4) is 0 Å². The number of carboxylic acids is 2. The van der Waals surface area contributed by atoms with Gasteiger partial charge in [0.1, 0.15) is 22.9 Å². The monoisotopic (exact) mass is 1730 g/mol. The first-order valence-electron chi connectivity index (χ1n) is 42.9. The third-order valence-corrected chi connectivity index (χ3v) is 21.3. The van der Waals surface area contributed by atoms with Gasteiger partial charge >= 0.3 is 62.0 Å². The Kier molecular flexibility index (Phi) is 55.1. The molecule has 4 rings (SSSR count). The number of ether oxygens (including phenoxy) is 13. The van der Waals surface area contributed by atoms with E-state index in [4.69, 9.17) is 61.6 Å². The summed E-state index contributed by atoms with van der Waals surface area (Å²) in [4.78, 5) is 74.3. The zero-order valence-electron chi connectivity index (χ0n) is 79.7. The number of cyclic esters (lactones) is 1. The first-order chi connectivity index (χ1) is 56.5. The molecule has 31 heteroatoms. The second-order valence-corrected chi connectivity index (χ2v) is 36.6. The molecule has 0 bridgehead atoms. The summed E-state index contributed by atoms with van der Waals surface area (Å²) in [6, 6.07) is 13.6. The molecule has 0 aromatic heterocycles. The Bertz CT molecular complexity index is 3360. The zero-order valence-corrected chi connectivity index (χ0v) is 79.7. The minimum atomic E-state index is -1.26. The van der Waals surface area contributed by atoms with Crippen LogP contribution in [-0.4, -0.2) is 197 Å². The van der Waals surface area contributed by atoms with Crippen LogP contribution in [-0.2, 0) is 47.5 Å². The Balaban J connectivity index is 0.00000180. The van der Waals surface area contributed by atoms with Crippen LogP contribution in [0.15, 0.2) is 54.6 Å². The number of aliphatic carboxylic acids is 2. The van der Waals surface area contributed by atoms with Crippen LogP contribution >= 0.6 is 0 Å². The molecule has 0 aliphatic carbocycles. The number of hydrogen-bond donors (Lipinski definition) is 8. The van der Waals surface area contributed by atoms with Crippen LogP contribution in [0.2, 0.25) is 0 Å². The molecule has 123 heavy (non-hydrogen) atoms. The molecule has 694 valence electrons. The van der Waals surface area contributed by atoms with E-state index < -0.39 is 125 Å². The van der Waals surface area contributed by atoms with E-state index in [-0.39, 0.29) is 117 Å². The summed E-state index contributed by atoms with van der Waals surface area (Å²) in [5.41, 5.74) is -0.363. The van der Waals surface area contributed by atoms with Crippen LogP contribution in [0.4, 0.5) is 14.4 Å². The summed E-state index contributed by atoms with van der Waals surface area (Å²) in [5.74, 6) is -3.30. The van der Waals surface area contributed by atoms with Crippen molar-refractivity contribution in [3.63, 3.8) is 0 Å². The second kappa shape index (κ2) is 58.1. The second-order valence-electron chi connectivity index (χ2n) is 36.6. The molecule has 4 unspecified atom stereocenters. The Morgan fingerprint density at radius 3 is 0.992 bits per heavy atom. The number of benzene rings is 3. The first-order valence-corrected chi connectivity index (χ1v) is 42.9. The van der Waals surface area contributed by atoms with Crippen LogP contribution in [0.1, 0.15) is 251 Å². The maximum Gasteiger partial charge on any atom is 1.00 e. The molecule has 0 saturated carbocycles. The number of nitrogens with one attached hydrogen (secondary N) is 3. The summed E-state index contributed by atoms with van der Waals surface area (Å²) in [6.45, 7) is 41.7. The summed E-state index contributed by atoms with van der Waals surface area (Å²) >= 11 is 0. The largest absolute Gasteiger partial charge is 1.00 e. The number of unbranched alkanes of at least 4 members (excludes halogenated alkanes) is 2. The first kappa shape index (κ1) is 117. The Labute approximate surface area is 758 Å². The van der Waals surface area contributed by atoms with Gasteiger partial charge in [-0.1, -0.05) is 101 Å². The van der Waals surface area contributed by atoms with E-state index in [2.05, 4.69) is 16.0 Å². The van der Waals surface area contributed by atoms with Crippen molar-refractivity contribution in [3.05, 3.63) is 71.3 Å². The Morgan fingerprint density at radius 2 is 0.715 bits per heavy atom. The van der Waals surface area contributed by atoms with Gasteiger partial charge in [-0.2, -0.15) is 0 Å². The van der Waals surface area contributed by atoms with Gasteiger partial charge in [0.2, 0.25) is 0 Å². The van der Waals surface area contributed by atoms with Crippen molar-refractivity contribution in [3.8, 4) is 34.5 Å². The summed E-state index contributed by atoms with van der Waals surface area (Å²) in [7, 11) is 9.60. The third-order valence-electron chi connectivity index (χ3n) is 21.3. The fourth-order valence-corrected chi connectivity index (χ4v) is 14.2. The number of esters is 1. The fourth-order valence-electron chi connectivity index (χ4n) is 14.2. The predicted molar refractivity (Wildman–Crippen MR) is 458 cm³/mol. The number of carbonyl (C=O) groups excluding carboxylic acids is 6. The molecule has 1 aliphatic heterocycles. The molecule has 1 saturated heterocycles. The van der Waals surface area contributed by atoms with E-state index >= 15 is 0 Å². The number of alkyl carbamates (subject to hydrolysis) is 3. The minimum absolute atomic E-state index is 0. The van der Waals surface area contributed by atoms with Gasteiger partial charge in [-0.05, 0) is 226 Å². The molecular weight excluding hydrogens is 1580 g/mol. The molecule has 3 amide bonds. The maximum absolute atomic E-state index is 12.8. The topological polar surface area (TPSA) is 406 Å². The van der Waals surface area contributed by atoms with E-state index in [1.165, 1.54) is 14.2 Å². The average molecular weight is 1730 g/mol. The van der Waals surface area contributed by atoms with Gasteiger partial charge in [0.15, 0.2) is 34.5 Å². The smallest absolute Gasteiger partial charge is 0.550 e. The van der Waals surface area contributed by atoms with Gasteiger partial charge in [-0.15, -0.1) is 0 Å². The predicted octanol–water partition coefficient (Wildman–Crippen LogP) is 7.02. The zero-order chi connectivity index (χ0) is 92.0. The molecule has 1 heterocycles. The summed E-state index contributed by atoms with van der Waals surface area (Å²) < 4.78 is 71.5. The van der Waals surface area contributed by atoms with Gasteiger partial charge in [-0.3, -0.25) is 4.79 Å². The van der Waals surface area contributed by atoms with E-state index in [9.17, 15) is 64.5 Å². The van der Waals surface area contributed by atoms with E-state index in [1.54, 1.807) is 161 Å². The number of methoxy groups -OCH3 is 6. The van der Waals surface area contributed by atoms with Crippen molar-refractivity contribution in [2.45, 2.75) is 288 Å². The normalized spacial score (nSPS) is 16.7. The van der Waals surface area contributed by atoms with E-state index in [0.29, 0.717) is 110 Å². The number of rotatable bonds is 50. The number of carboxylic acid groups (broad SMARTS) is 2. The Hall–Kier alpha value is -6.45. The molecule has 0 spiro atoms. The third kappa shape index (κ3) is 43.3. The van der Waals surface area contributed by atoms with Crippen molar-refractivity contribution >= 4 is 36.2 Å². The van der Waals surface area contributed by atoms with Crippen molar-refractivity contribution in [1.29, 1.82) is 0 Å². The standard InChI is InChI=1S/C32H53NO8.2C30H51NO9.2Li/c1-20(2)23(29(34)22-13-14-26(38-9)28(17-22)39-16-12-10-11-15-37-8)18-25(33-31(36)41-32(5,6)7)27-19-24(21(3)4)30(35)40-27;2*1-18(2)21(27(33)20-11-12-25(38-9)26(15-20)39-14-10-13-37-8)16-23(31-29(36)40-30(5,6)7)24(32)17-22(19(3)4)28(34)35;;/h13-14,17,20-21,23-25,27,29,34H,10-12,15-16,18-19H2,1-9H3,(H,33,36);2*11-12,15,18-19,21-24,27,32-33H,10,13-14,16-17H2,1-9H3,(H,31,36)(H,34,35);;/q;;;2*+1/p-2/t23-,24?,25-,27-,29?;2*21-,22-,23-,24-,27?;;/m000../s1. The van der Waals surface area contributed by atoms with E-state index in [1.807, 2.05) is 67.5 Å². The number of amides is 3. The van der Waals surface area contributed by atoms with Gasteiger partial charge in [0.05, 0.1) is 95.7 Å². The van der Waals surface area contributed by atoms with Crippen LogP contribution in [0, 0.1) is 71.0 Å². The van der Waals surface area contributed by atoms with E-state index in [0.717, 1.165) is 25.9 Å². The van der Waals surface area contributed by atoms with Crippen molar-refractivity contribution in [2.75, 3.05) is 82.3 Å². The average Bonchev–Trinajstić information content (AvgIpc) is 1.77. The van der Waals surface area contributed by atoms with Gasteiger partial charge in [0.25, 0.3) is 0 Å². The number of aliphatic hydroxyl groups excluding tert-OH is 5. The van der Waals surface area contributed by atoms with Crippen molar-refractivity contribution in [1.82, 2.24) is 16.0 Å². The van der Waals surface area contributed by atoms with Gasteiger partial charge in [0, 0.05) is 77.8 Å².